The van der Waals surface area contributed by atoms with Crippen LogP contribution in [0.1, 0.15) is 43.4 Å². The highest BCUT2D eigenvalue weighted by atomic mass is 19.1. The van der Waals surface area contributed by atoms with Crippen molar-refractivity contribution in [3.63, 3.8) is 0 Å². The monoisotopic (exact) mass is 413 g/mol. The molecule has 0 spiro atoms. The Labute approximate surface area is 175 Å². The highest BCUT2D eigenvalue weighted by Crippen LogP contribution is 2.31. The molecule has 1 aromatic heterocycles. The molecule has 3 heterocycles. The van der Waals surface area contributed by atoms with Gasteiger partial charge in [-0.15, -0.1) is 0 Å². The van der Waals surface area contributed by atoms with Crippen molar-refractivity contribution in [2.45, 2.75) is 38.8 Å². The van der Waals surface area contributed by atoms with Crippen LogP contribution in [0.3, 0.4) is 0 Å². The van der Waals surface area contributed by atoms with Gasteiger partial charge in [0.1, 0.15) is 23.8 Å². The van der Waals surface area contributed by atoms with E-state index in [0.717, 1.165) is 42.9 Å². The highest BCUT2D eigenvalue weighted by molar-refractivity contribution is 5.73. The summed E-state index contributed by atoms with van der Waals surface area (Å²) in [6.07, 6.45) is 4.31. The number of halogens is 1. The minimum absolute atomic E-state index is 0.0151. The molecule has 4 rings (SSSR count). The van der Waals surface area contributed by atoms with Crippen LogP contribution < -0.4 is 10.2 Å². The number of nitrogens with zero attached hydrogens (tertiary/aromatic N) is 4. The number of amides is 1. The van der Waals surface area contributed by atoms with Crippen LogP contribution >= 0.6 is 0 Å². The van der Waals surface area contributed by atoms with E-state index in [0.29, 0.717) is 25.3 Å². The molecule has 1 amide bonds. The average Bonchev–Trinajstić information content (AvgIpc) is 2.93. The van der Waals surface area contributed by atoms with Gasteiger partial charge < -0.3 is 20.2 Å². The Morgan fingerprint density at radius 1 is 1.27 bits per heavy atom. The van der Waals surface area contributed by atoms with E-state index in [4.69, 9.17) is 0 Å². The Hall–Kier alpha value is -2.74. The lowest BCUT2D eigenvalue weighted by atomic mass is 9.99. The van der Waals surface area contributed by atoms with Crippen LogP contribution in [0.2, 0.25) is 0 Å². The number of aliphatic hydroxyl groups excluding tert-OH is 1. The number of hydrogen-bond acceptors (Lipinski definition) is 6. The van der Waals surface area contributed by atoms with Gasteiger partial charge in [0.05, 0.1) is 6.04 Å². The van der Waals surface area contributed by atoms with Crippen molar-refractivity contribution in [2.24, 2.45) is 5.92 Å². The van der Waals surface area contributed by atoms with E-state index in [-0.39, 0.29) is 30.3 Å². The number of hydrogen-bond donors (Lipinski definition) is 2. The summed E-state index contributed by atoms with van der Waals surface area (Å²) >= 11 is 0. The lowest BCUT2D eigenvalue weighted by Crippen LogP contribution is -2.37. The summed E-state index contributed by atoms with van der Waals surface area (Å²) in [5.41, 5.74) is 1.80. The van der Waals surface area contributed by atoms with E-state index in [1.165, 1.54) is 12.1 Å². The van der Waals surface area contributed by atoms with Gasteiger partial charge in [0.2, 0.25) is 5.91 Å². The predicted octanol–water partition coefficient (Wildman–Crippen LogP) is 2.73. The number of aliphatic hydroxyl groups is 1. The van der Waals surface area contributed by atoms with Crippen LogP contribution in [0.15, 0.2) is 30.6 Å². The molecule has 8 heteroatoms. The number of fused-ring (bicyclic) bond motifs is 1. The molecule has 2 atom stereocenters. The predicted molar refractivity (Wildman–Crippen MR) is 113 cm³/mol. The number of nitrogens with one attached hydrogen (secondary N) is 1. The third-order valence-corrected chi connectivity index (χ3v) is 6.05. The summed E-state index contributed by atoms with van der Waals surface area (Å²) in [6.45, 7) is 4.42. The molecule has 0 bridgehead atoms. The summed E-state index contributed by atoms with van der Waals surface area (Å²) in [5.74, 6) is 1.49. The van der Waals surface area contributed by atoms with E-state index in [1.54, 1.807) is 24.2 Å². The number of piperidine rings is 1. The molecular formula is C22H28FN5O2. The second-order valence-electron chi connectivity index (χ2n) is 8.17. The number of carbonyl (C=O) groups excluding carboxylic acids is 1. The van der Waals surface area contributed by atoms with Crippen LogP contribution in [-0.2, 0) is 11.3 Å². The summed E-state index contributed by atoms with van der Waals surface area (Å²) < 4.78 is 13.9. The van der Waals surface area contributed by atoms with E-state index >= 15 is 0 Å². The second kappa shape index (κ2) is 8.95. The van der Waals surface area contributed by atoms with Gasteiger partial charge >= 0.3 is 0 Å². The molecule has 2 aromatic rings. The normalized spacial score (nSPS) is 21.7. The first-order valence-corrected chi connectivity index (χ1v) is 10.5. The van der Waals surface area contributed by atoms with Crippen LogP contribution in [0, 0.1) is 11.7 Å². The van der Waals surface area contributed by atoms with E-state index < -0.39 is 0 Å². The van der Waals surface area contributed by atoms with Gasteiger partial charge in [-0.05, 0) is 48.4 Å². The molecule has 30 heavy (non-hydrogen) atoms. The Morgan fingerprint density at radius 3 is 2.93 bits per heavy atom. The fourth-order valence-electron chi connectivity index (χ4n) is 4.39. The van der Waals surface area contributed by atoms with Crippen LogP contribution in [0.4, 0.5) is 16.0 Å². The summed E-state index contributed by atoms with van der Waals surface area (Å²) in [4.78, 5) is 24.7. The van der Waals surface area contributed by atoms with Crippen molar-refractivity contribution in [1.82, 2.24) is 14.9 Å². The molecule has 0 saturated carbocycles. The van der Waals surface area contributed by atoms with E-state index in [1.807, 2.05) is 6.07 Å². The van der Waals surface area contributed by atoms with Gasteiger partial charge in [-0.1, -0.05) is 6.07 Å². The Bertz CT molecular complexity index is 909. The molecule has 0 radical (unpaired) electrons. The third kappa shape index (κ3) is 4.53. The lowest BCUT2D eigenvalue weighted by molar-refractivity contribution is -0.129. The van der Waals surface area contributed by atoms with Crippen molar-refractivity contribution in [3.05, 3.63) is 47.5 Å². The maximum absolute atomic E-state index is 13.9. The number of aromatic nitrogens is 2. The summed E-state index contributed by atoms with van der Waals surface area (Å²) in [7, 11) is 0. The first-order valence-electron chi connectivity index (χ1n) is 10.5. The largest absolute Gasteiger partial charge is 0.396 e. The standard InChI is InChI=1S/C22H28FN5O2/c1-15(30)27-8-6-20(19-5-4-18(23)9-17(19)12-27)26-21-10-22(25-14-24-21)28-7-2-3-16(11-28)13-29/h4-5,9-10,14,16,20,29H,2-3,6-8,11-13H2,1H3,(H,24,25,26). The SMILES string of the molecule is CC(=O)N1CCC(Nc2cc(N3CCCC(CO)C3)ncn2)c2ccc(F)cc2C1. The van der Waals surface area contributed by atoms with Crippen LogP contribution in [0.25, 0.3) is 0 Å². The zero-order chi connectivity index (χ0) is 21.1. The zero-order valence-corrected chi connectivity index (χ0v) is 17.2. The molecular weight excluding hydrogens is 385 g/mol. The first kappa shape index (κ1) is 20.5. The van der Waals surface area contributed by atoms with Gasteiger partial charge in [-0.25, -0.2) is 14.4 Å². The number of benzene rings is 1. The lowest BCUT2D eigenvalue weighted by Gasteiger charge is -2.32. The number of carbonyl (C=O) groups is 1. The third-order valence-electron chi connectivity index (χ3n) is 6.05. The fourth-order valence-corrected chi connectivity index (χ4v) is 4.39. The van der Waals surface area contributed by atoms with E-state index in [2.05, 4.69) is 20.2 Å². The molecule has 2 N–H and O–H groups in total. The zero-order valence-electron chi connectivity index (χ0n) is 17.2. The van der Waals surface area contributed by atoms with Gasteiger partial charge in [0.25, 0.3) is 0 Å². The van der Waals surface area contributed by atoms with Crippen molar-refractivity contribution in [3.8, 4) is 0 Å². The van der Waals surface area contributed by atoms with Gasteiger partial charge in [0.15, 0.2) is 0 Å². The number of anilines is 2. The van der Waals surface area contributed by atoms with Gasteiger partial charge in [0, 0.05) is 45.8 Å². The van der Waals surface area contributed by atoms with Crippen molar-refractivity contribution >= 4 is 17.5 Å². The first-order chi connectivity index (χ1) is 14.5. The highest BCUT2D eigenvalue weighted by Gasteiger charge is 2.25. The Morgan fingerprint density at radius 2 is 2.13 bits per heavy atom. The minimum atomic E-state index is -0.300. The van der Waals surface area contributed by atoms with E-state index in [9.17, 15) is 14.3 Å². The Balaban J connectivity index is 1.56. The molecule has 1 saturated heterocycles. The molecule has 1 fully saturated rings. The fraction of sp³-hybridized carbons (Fsp3) is 0.500. The van der Waals surface area contributed by atoms with Crippen LogP contribution in [0.5, 0.6) is 0 Å². The quantitative estimate of drug-likeness (QED) is 0.802. The minimum Gasteiger partial charge on any atom is -0.396 e. The van der Waals surface area contributed by atoms with Gasteiger partial charge in [-0.2, -0.15) is 0 Å². The molecule has 2 unspecified atom stereocenters. The molecule has 1 aromatic carbocycles. The molecule has 7 nitrogen and oxygen atoms in total. The summed E-state index contributed by atoms with van der Waals surface area (Å²) in [6, 6.07) is 6.62. The maximum Gasteiger partial charge on any atom is 0.219 e. The average molecular weight is 413 g/mol. The van der Waals surface area contributed by atoms with Crippen molar-refractivity contribution < 1.29 is 14.3 Å². The topological polar surface area (TPSA) is 81.6 Å². The molecule has 2 aliphatic rings. The molecule has 2 aliphatic heterocycles. The second-order valence-corrected chi connectivity index (χ2v) is 8.17. The summed E-state index contributed by atoms with van der Waals surface area (Å²) in [5, 5.41) is 13.0. The smallest absolute Gasteiger partial charge is 0.219 e. The molecule has 160 valence electrons. The number of rotatable bonds is 4. The molecule has 0 aliphatic carbocycles. The van der Waals surface area contributed by atoms with Gasteiger partial charge in [-0.3, -0.25) is 4.79 Å². The van der Waals surface area contributed by atoms with Crippen LogP contribution in [-0.4, -0.2) is 52.1 Å². The Kier molecular flexibility index (Phi) is 6.13. The van der Waals surface area contributed by atoms with Crippen molar-refractivity contribution in [1.29, 1.82) is 0 Å². The van der Waals surface area contributed by atoms with Crippen molar-refractivity contribution in [2.75, 3.05) is 36.5 Å². The maximum atomic E-state index is 13.9.